The molecule has 1 saturated heterocycles. The molecule has 2 fully saturated rings. The van der Waals surface area contributed by atoms with Gasteiger partial charge in [-0.1, -0.05) is 54.1 Å². The lowest BCUT2D eigenvalue weighted by atomic mass is 10.1. The quantitative estimate of drug-likeness (QED) is 0.380. The molecule has 0 bridgehead atoms. The van der Waals surface area contributed by atoms with Crippen molar-refractivity contribution in [1.29, 1.82) is 0 Å². The number of likely N-dealkylation sites (tertiary alicyclic amines) is 1. The summed E-state index contributed by atoms with van der Waals surface area (Å²) in [5.41, 5.74) is 1.58. The zero-order chi connectivity index (χ0) is 29.4. The fourth-order valence-electron chi connectivity index (χ4n) is 5.18. The Balaban J connectivity index is 1.22. The number of nitrogens with zero attached hydrogens (tertiary/aromatic N) is 2. The first kappa shape index (κ1) is 29.1. The van der Waals surface area contributed by atoms with Crippen molar-refractivity contribution in [3.8, 4) is 0 Å². The van der Waals surface area contributed by atoms with Crippen molar-refractivity contribution in [2.45, 2.75) is 50.4 Å². The molecule has 216 valence electrons. The monoisotopic (exact) mass is 595 g/mol. The van der Waals surface area contributed by atoms with Crippen LogP contribution in [0.1, 0.15) is 42.3 Å². The van der Waals surface area contributed by atoms with Gasteiger partial charge < -0.3 is 15.0 Å². The van der Waals surface area contributed by atoms with Gasteiger partial charge in [-0.25, -0.2) is 13.2 Å². The molecular formula is C31H34ClN3O5S. The molecule has 1 N–H and O–H groups in total. The predicted molar refractivity (Wildman–Crippen MR) is 157 cm³/mol. The molecule has 3 aromatic rings. The number of piperidine rings is 1. The third kappa shape index (κ3) is 6.92. The first-order chi connectivity index (χ1) is 19.4. The topological polar surface area (TPSA) is 96.0 Å². The Morgan fingerprint density at radius 2 is 1.46 bits per heavy atom. The van der Waals surface area contributed by atoms with E-state index in [9.17, 15) is 18.0 Å². The minimum atomic E-state index is -3.82. The van der Waals surface area contributed by atoms with Gasteiger partial charge >= 0.3 is 6.09 Å². The highest BCUT2D eigenvalue weighted by Crippen LogP contribution is 2.46. The van der Waals surface area contributed by atoms with Gasteiger partial charge in [0.2, 0.25) is 10.0 Å². The summed E-state index contributed by atoms with van der Waals surface area (Å²) >= 11 is 5.98. The SMILES string of the molecule is CC(C)(C)OC(=O)N1C[C@@H]2[C@H](C1)[C@H]2NC(=O)c1ccc(CN(Cc2ccccc2)S(=O)(=O)c2ccc(Cl)cc2)cc1. The number of nitrogens with one attached hydrogen (secondary N) is 1. The average Bonchev–Trinajstić information content (AvgIpc) is 3.34. The normalized spacial score (nSPS) is 20.0. The second kappa shape index (κ2) is 11.5. The summed E-state index contributed by atoms with van der Waals surface area (Å²) < 4.78 is 34.0. The molecule has 8 nitrogen and oxygen atoms in total. The summed E-state index contributed by atoms with van der Waals surface area (Å²) in [6.45, 7) is 7.00. The third-order valence-corrected chi connectivity index (χ3v) is 9.43. The first-order valence-corrected chi connectivity index (χ1v) is 15.4. The number of ether oxygens (including phenoxy) is 1. The van der Waals surface area contributed by atoms with Gasteiger partial charge in [0.25, 0.3) is 5.91 Å². The van der Waals surface area contributed by atoms with E-state index in [0.29, 0.717) is 23.7 Å². The molecular weight excluding hydrogens is 562 g/mol. The number of hydrogen-bond acceptors (Lipinski definition) is 5. The molecule has 5 rings (SSSR count). The van der Waals surface area contributed by atoms with Gasteiger partial charge in [0, 0.05) is 54.6 Å². The Morgan fingerprint density at radius 3 is 2.02 bits per heavy atom. The van der Waals surface area contributed by atoms with E-state index in [2.05, 4.69) is 5.32 Å². The second-order valence-electron chi connectivity index (χ2n) is 11.6. The van der Waals surface area contributed by atoms with E-state index in [1.54, 1.807) is 41.3 Å². The maximum atomic E-state index is 13.6. The molecule has 0 unspecified atom stereocenters. The molecule has 41 heavy (non-hydrogen) atoms. The summed E-state index contributed by atoms with van der Waals surface area (Å²) in [5.74, 6) is 0.278. The molecule has 3 aromatic carbocycles. The highest BCUT2D eigenvalue weighted by atomic mass is 35.5. The lowest BCUT2D eigenvalue weighted by Gasteiger charge is -2.26. The summed E-state index contributed by atoms with van der Waals surface area (Å²) in [6, 6.07) is 22.6. The predicted octanol–water partition coefficient (Wildman–Crippen LogP) is 5.33. The summed E-state index contributed by atoms with van der Waals surface area (Å²) in [5, 5.41) is 3.55. The van der Waals surface area contributed by atoms with Crippen LogP contribution in [0.2, 0.25) is 5.02 Å². The van der Waals surface area contributed by atoms with Crippen molar-refractivity contribution >= 4 is 33.6 Å². The van der Waals surface area contributed by atoms with Crippen LogP contribution >= 0.6 is 11.6 Å². The molecule has 1 aliphatic heterocycles. The van der Waals surface area contributed by atoms with Gasteiger partial charge in [-0.05, 0) is 68.3 Å². The number of amides is 2. The minimum Gasteiger partial charge on any atom is -0.444 e. The molecule has 1 aliphatic carbocycles. The maximum Gasteiger partial charge on any atom is 0.410 e. The van der Waals surface area contributed by atoms with E-state index < -0.39 is 15.6 Å². The summed E-state index contributed by atoms with van der Waals surface area (Å²) in [6.07, 6.45) is -0.315. The van der Waals surface area contributed by atoms with Gasteiger partial charge in [-0.3, -0.25) is 4.79 Å². The highest BCUT2D eigenvalue weighted by Gasteiger charge is 2.58. The van der Waals surface area contributed by atoms with E-state index in [1.165, 1.54) is 16.4 Å². The molecule has 1 saturated carbocycles. The first-order valence-electron chi connectivity index (χ1n) is 13.6. The van der Waals surface area contributed by atoms with Crippen molar-refractivity contribution in [3.63, 3.8) is 0 Å². The number of rotatable bonds is 8. The average molecular weight is 596 g/mol. The van der Waals surface area contributed by atoms with Gasteiger partial charge in [-0.2, -0.15) is 4.31 Å². The van der Waals surface area contributed by atoms with E-state index in [4.69, 9.17) is 16.3 Å². The Bertz CT molecular complexity index is 1490. The zero-order valence-electron chi connectivity index (χ0n) is 23.3. The fraction of sp³-hybridized carbons (Fsp3) is 0.355. The zero-order valence-corrected chi connectivity index (χ0v) is 24.9. The van der Waals surface area contributed by atoms with E-state index in [0.717, 1.165) is 11.1 Å². The molecule has 0 aromatic heterocycles. The number of fused-ring (bicyclic) bond motifs is 1. The standard InChI is InChI=1S/C31H34ClN3O5S/c1-31(2,3)40-30(37)34-19-26-27(20-34)28(26)33-29(36)23-11-9-22(10-12-23)18-35(17-21-7-5-4-6-8-21)41(38,39)25-15-13-24(32)14-16-25/h4-16,26-28H,17-20H2,1-3H3,(H,33,36)/t26-,27+,28+. The lowest BCUT2D eigenvalue weighted by molar-refractivity contribution is 0.0270. The van der Waals surface area contributed by atoms with Gasteiger partial charge in [0.1, 0.15) is 5.60 Å². The molecule has 1 heterocycles. The Morgan fingerprint density at radius 1 is 0.902 bits per heavy atom. The van der Waals surface area contributed by atoms with Crippen LogP contribution in [0.4, 0.5) is 4.79 Å². The second-order valence-corrected chi connectivity index (χ2v) is 14.0. The van der Waals surface area contributed by atoms with E-state index in [-0.39, 0.29) is 47.9 Å². The van der Waals surface area contributed by atoms with Crippen LogP contribution < -0.4 is 5.32 Å². The Labute approximate surface area is 246 Å². The number of halogens is 1. The van der Waals surface area contributed by atoms with Crippen molar-refractivity contribution < 1.29 is 22.7 Å². The molecule has 2 aliphatic rings. The van der Waals surface area contributed by atoms with Crippen LogP contribution in [0.3, 0.4) is 0 Å². The van der Waals surface area contributed by atoms with E-state index >= 15 is 0 Å². The van der Waals surface area contributed by atoms with Crippen LogP contribution in [-0.2, 0) is 27.8 Å². The van der Waals surface area contributed by atoms with Crippen LogP contribution in [0.5, 0.6) is 0 Å². The Kier molecular flexibility index (Phi) is 8.14. The lowest BCUT2D eigenvalue weighted by Crippen LogP contribution is -2.40. The molecule has 10 heteroatoms. The molecule has 0 radical (unpaired) electrons. The Hall–Kier alpha value is -3.40. The molecule has 0 spiro atoms. The summed E-state index contributed by atoms with van der Waals surface area (Å²) in [4.78, 5) is 27.1. The number of benzene rings is 3. The van der Waals surface area contributed by atoms with Crippen molar-refractivity contribution in [1.82, 2.24) is 14.5 Å². The van der Waals surface area contributed by atoms with Gasteiger partial charge in [-0.15, -0.1) is 0 Å². The third-order valence-electron chi connectivity index (χ3n) is 7.37. The van der Waals surface area contributed by atoms with Crippen molar-refractivity contribution in [2.24, 2.45) is 11.8 Å². The smallest absolute Gasteiger partial charge is 0.410 e. The van der Waals surface area contributed by atoms with Crippen molar-refractivity contribution in [2.75, 3.05) is 13.1 Å². The minimum absolute atomic E-state index is 0.0340. The van der Waals surface area contributed by atoms with Crippen LogP contribution in [-0.4, -0.2) is 54.4 Å². The van der Waals surface area contributed by atoms with Crippen LogP contribution in [0.15, 0.2) is 83.8 Å². The van der Waals surface area contributed by atoms with Crippen LogP contribution in [0.25, 0.3) is 0 Å². The molecule has 2 amide bonds. The number of carbonyl (C=O) groups excluding carboxylic acids is 2. The summed E-state index contributed by atoms with van der Waals surface area (Å²) in [7, 11) is -3.82. The highest BCUT2D eigenvalue weighted by molar-refractivity contribution is 7.89. The van der Waals surface area contributed by atoms with Gasteiger partial charge in [0.15, 0.2) is 0 Å². The van der Waals surface area contributed by atoms with Crippen LogP contribution in [0, 0.1) is 11.8 Å². The number of sulfonamides is 1. The molecule has 3 atom stereocenters. The number of hydrogen-bond donors (Lipinski definition) is 1. The largest absolute Gasteiger partial charge is 0.444 e. The maximum absolute atomic E-state index is 13.6. The number of carbonyl (C=O) groups is 2. The fourth-order valence-corrected chi connectivity index (χ4v) is 6.73. The van der Waals surface area contributed by atoms with Gasteiger partial charge in [0.05, 0.1) is 4.90 Å². The van der Waals surface area contributed by atoms with E-state index in [1.807, 2.05) is 51.1 Å². The van der Waals surface area contributed by atoms with Crippen molar-refractivity contribution in [3.05, 3.63) is 101 Å².